The minimum atomic E-state index is -0.225. The summed E-state index contributed by atoms with van der Waals surface area (Å²) in [5.74, 6) is 0.616. The molecule has 0 fully saturated rings. The molecule has 1 atom stereocenters. The summed E-state index contributed by atoms with van der Waals surface area (Å²) in [7, 11) is 1.50. The van der Waals surface area contributed by atoms with Crippen LogP contribution in [0.2, 0.25) is 0 Å². The van der Waals surface area contributed by atoms with E-state index in [1.807, 2.05) is 6.08 Å². The highest BCUT2D eigenvalue weighted by atomic mass is 19.1. The summed E-state index contributed by atoms with van der Waals surface area (Å²) in [6, 6.07) is 0. The molecule has 2 heteroatoms. The van der Waals surface area contributed by atoms with Gasteiger partial charge in [0.25, 0.3) is 0 Å². The number of ether oxygens (including phenoxy) is 1. The maximum atomic E-state index is 12.8. The average Bonchev–Trinajstić information content (AvgIpc) is 2.05. The molecule has 0 aromatic carbocycles. The number of allylic oxidation sites excluding steroid dienone is 3. The number of halogens is 1. The minimum Gasteiger partial charge on any atom is -0.494 e. The number of rotatable bonds is 2. The SMILES string of the molecule is CC[C@H]1C=C(OC)C(F)=CC1. The van der Waals surface area contributed by atoms with Crippen LogP contribution >= 0.6 is 0 Å². The molecule has 0 saturated heterocycles. The summed E-state index contributed by atoms with van der Waals surface area (Å²) in [5.41, 5.74) is 0. The summed E-state index contributed by atoms with van der Waals surface area (Å²) >= 11 is 0. The number of methoxy groups -OCH3 is 1. The third kappa shape index (κ3) is 1.82. The molecule has 0 unspecified atom stereocenters. The molecular weight excluding hydrogens is 143 g/mol. The van der Waals surface area contributed by atoms with Crippen molar-refractivity contribution in [1.82, 2.24) is 0 Å². The first-order valence-corrected chi connectivity index (χ1v) is 3.89. The molecule has 1 rings (SSSR count). The summed E-state index contributed by atoms with van der Waals surface area (Å²) in [6.45, 7) is 2.09. The predicted octanol–water partition coefficient (Wildman–Crippen LogP) is 2.80. The fourth-order valence-corrected chi connectivity index (χ4v) is 1.17. The van der Waals surface area contributed by atoms with Crippen molar-refractivity contribution in [2.75, 3.05) is 7.11 Å². The maximum Gasteiger partial charge on any atom is 0.160 e. The third-order valence-electron chi connectivity index (χ3n) is 1.97. The monoisotopic (exact) mass is 156 g/mol. The van der Waals surface area contributed by atoms with E-state index in [0.717, 1.165) is 12.8 Å². The molecule has 62 valence electrons. The first-order valence-electron chi connectivity index (χ1n) is 3.89. The third-order valence-corrected chi connectivity index (χ3v) is 1.97. The van der Waals surface area contributed by atoms with Crippen molar-refractivity contribution in [1.29, 1.82) is 0 Å². The number of hydrogen-bond acceptors (Lipinski definition) is 1. The summed E-state index contributed by atoms with van der Waals surface area (Å²) < 4.78 is 17.7. The van der Waals surface area contributed by atoms with E-state index in [4.69, 9.17) is 4.74 Å². The molecule has 0 aromatic rings. The first-order chi connectivity index (χ1) is 5.27. The van der Waals surface area contributed by atoms with Gasteiger partial charge in [-0.15, -0.1) is 0 Å². The highest BCUT2D eigenvalue weighted by molar-refractivity contribution is 5.24. The molecule has 0 amide bonds. The molecule has 0 saturated carbocycles. The van der Waals surface area contributed by atoms with Crippen molar-refractivity contribution < 1.29 is 9.13 Å². The van der Waals surface area contributed by atoms with Crippen LogP contribution in [-0.2, 0) is 4.74 Å². The lowest BCUT2D eigenvalue weighted by Crippen LogP contribution is -2.02. The molecular formula is C9H13FO. The Labute approximate surface area is 66.6 Å². The van der Waals surface area contributed by atoms with Gasteiger partial charge in [0.1, 0.15) is 5.76 Å². The lowest BCUT2D eigenvalue weighted by atomic mass is 9.97. The average molecular weight is 156 g/mol. The Kier molecular flexibility index (Phi) is 2.69. The molecule has 1 aliphatic carbocycles. The first kappa shape index (κ1) is 8.31. The summed E-state index contributed by atoms with van der Waals surface area (Å²) in [6.07, 6.45) is 5.29. The molecule has 0 radical (unpaired) electrons. The van der Waals surface area contributed by atoms with Crippen molar-refractivity contribution in [3.63, 3.8) is 0 Å². The van der Waals surface area contributed by atoms with Gasteiger partial charge in [0.15, 0.2) is 5.83 Å². The van der Waals surface area contributed by atoms with E-state index in [0.29, 0.717) is 11.7 Å². The van der Waals surface area contributed by atoms with Crippen molar-refractivity contribution in [2.24, 2.45) is 5.92 Å². The van der Waals surface area contributed by atoms with Crippen LogP contribution in [0, 0.1) is 5.92 Å². The van der Waals surface area contributed by atoms with Gasteiger partial charge >= 0.3 is 0 Å². The minimum absolute atomic E-state index is 0.225. The Bertz CT molecular complexity index is 194. The molecule has 1 aliphatic rings. The predicted molar refractivity (Wildman–Crippen MR) is 42.7 cm³/mol. The van der Waals surface area contributed by atoms with E-state index >= 15 is 0 Å². The van der Waals surface area contributed by atoms with Gasteiger partial charge in [-0.2, -0.15) is 0 Å². The second-order valence-electron chi connectivity index (χ2n) is 2.69. The standard InChI is InChI=1S/C9H13FO/c1-3-7-4-5-8(10)9(6-7)11-2/h5-7H,3-4H2,1-2H3/t7-/m1/s1. The van der Waals surface area contributed by atoms with Crippen LogP contribution in [-0.4, -0.2) is 7.11 Å². The normalized spacial score (nSPS) is 24.1. The smallest absolute Gasteiger partial charge is 0.160 e. The highest BCUT2D eigenvalue weighted by Gasteiger charge is 2.14. The summed E-state index contributed by atoms with van der Waals surface area (Å²) in [4.78, 5) is 0. The Morgan fingerprint density at radius 3 is 3.00 bits per heavy atom. The van der Waals surface area contributed by atoms with Gasteiger partial charge in [0.2, 0.25) is 0 Å². The van der Waals surface area contributed by atoms with Crippen LogP contribution in [0.25, 0.3) is 0 Å². The fraction of sp³-hybridized carbons (Fsp3) is 0.556. The van der Waals surface area contributed by atoms with Crippen LogP contribution in [0.3, 0.4) is 0 Å². The van der Waals surface area contributed by atoms with Crippen molar-refractivity contribution in [3.05, 3.63) is 23.7 Å². The molecule has 0 aromatic heterocycles. The van der Waals surface area contributed by atoms with Gasteiger partial charge in [-0.3, -0.25) is 0 Å². The molecule has 0 N–H and O–H groups in total. The second kappa shape index (κ2) is 3.56. The zero-order valence-electron chi connectivity index (χ0n) is 6.93. The van der Waals surface area contributed by atoms with Gasteiger partial charge < -0.3 is 4.74 Å². The van der Waals surface area contributed by atoms with Gasteiger partial charge in [0, 0.05) is 0 Å². The van der Waals surface area contributed by atoms with Crippen molar-refractivity contribution in [3.8, 4) is 0 Å². The molecule has 0 bridgehead atoms. The topological polar surface area (TPSA) is 9.23 Å². The summed E-state index contributed by atoms with van der Waals surface area (Å²) in [5, 5.41) is 0. The van der Waals surface area contributed by atoms with Crippen LogP contribution in [0.15, 0.2) is 23.7 Å². The fourth-order valence-electron chi connectivity index (χ4n) is 1.17. The zero-order chi connectivity index (χ0) is 8.27. The van der Waals surface area contributed by atoms with E-state index in [1.165, 1.54) is 7.11 Å². The van der Waals surface area contributed by atoms with Crippen LogP contribution in [0.1, 0.15) is 19.8 Å². The van der Waals surface area contributed by atoms with Gasteiger partial charge in [0.05, 0.1) is 7.11 Å². The van der Waals surface area contributed by atoms with E-state index < -0.39 is 0 Å². The van der Waals surface area contributed by atoms with Crippen LogP contribution in [0.5, 0.6) is 0 Å². The molecule has 0 aliphatic heterocycles. The molecule has 0 spiro atoms. The maximum absolute atomic E-state index is 12.8. The Morgan fingerprint density at radius 2 is 2.45 bits per heavy atom. The highest BCUT2D eigenvalue weighted by Crippen LogP contribution is 2.25. The van der Waals surface area contributed by atoms with Gasteiger partial charge in [-0.1, -0.05) is 6.92 Å². The van der Waals surface area contributed by atoms with E-state index in [2.05, 4.69) is 6.92 Å². The van der Waals surface area contributed by atoms with Crippen molar-refractivity contribution in [2.45, 2.75) is 19.8 Å². The number of hydrogen-bond donors (Lipinski definition) is 0. The quantitative estimate of drug-likeness (QED) is 0.597. The molecule has 0 heterocycles. The second-order valence-corrected chi connectivity index (χ2v) is 2.69. The lowest BCUT2D eigenvalue weighted by molar-refractivity contribution is 0.274. The Hall–Kier alpha value is -0.790. The Morgan fingerprint density at radius 1 is 1.73 bits per heavy atom. The van der Waals surface area contributed by atoms with Crippen LogP contribution < -0.4 is 0 Å². The van der Waals surface area contributed by atoms with E-state index in [9.17, 15) is 4.39 Å². The van der Waals surface area contributed by atoms with Crippen LogP contribution in [0.4, 0.5) is 4.39 Å². The van der Waals surface area contributed by atoms with E-state index in [-0.39, 0.29) is 5.83 Å². The van der Waals surface area contributed by atoms with Gasteiger partial charge in [-0.25, -0.2) is 4.39 Å². The van der Waals surface area contributed by atoms with E-state index in [1.54, 1.807) is 6.08 Å². The van der Waals surface area contributed by atoms with Gasteiger partial charge in [-0.05, 0) is 30.9 Å². The largest absolute Gasteiger partial charge is 0.494 e. The Balaban J connectivity index is 2.69. The zero-order valence-corrected chi connectivity index (χ0v) is 6.93. The molecule has 1 nitrogen and oxygen atoms in total. The van der Waals surface area contributed by atoms with Crippen molar-refractivity contribution >= 4 is 0 Å². The lowest BCUT2D eigenvalue weighted by Gasteiger charge is -2.15. The molecule has 11 heavy (non-hydrogen) atoms.